The molecule has 1 aliphatic heterocycles. The lowest BCUT2D eigenvalue weighted by atomic mass is 9.94. The average molecular weight is 493 g/mol. The fourth-order valence-corrected chi connectivity index (χ4v) is 4.94. The molecule has 0 aliphatic carbocycles. The first-order chi connectivity index (χ1) is 16.8. The van der Waals surface area contributed by atoms with E-state index in [1.54, 1.807) is 63.2 Å². The number of thiazole rings is 1. The van der Waals surface area contributed by atoms with Crippen molar-refractivity contribution in [2.75, 3.05) is 18.6 Å². The van der Waals surface area contributed by atoms with Crippen LogP contribution in [0.3, 0.4) is 0 Å². The molecule has 3 aromatic rings. The van der Waals surface area contributed by atoms with Crippen LogP contribution in [-0.2, 0) is 9.53 Å². The molecular formula is C26H24N2O6S. The van der Waals surface area contributed by atoms with E-state index in [0.717, 1.165) is 0 Å². The minimum atomic E-state index is -0.930. The van der Waals surface area contributed by atoms with E-state index in [-0.39, 0.29) is 17.7 Å². The number of aliphatic hydroxyl groups is 1. The molecule has 0 bridgehead atoms. The number of amides is 1. The molecule has 180 valence electrons. The summed E-state index contributed by atoms with van der Waals surface area (Å²) in [5.74, 6) is -1.78. The summed E-state index contributed by atoms with van der Waals surface area (Å²) >= 11 is 1.21. The van der Waals surface area contributed by atoms with Crippen LogP contribution in [0.1, 0.15) is 49.3 Å². The van der Waals surface area contributed by atoms with Crippen molar-refractivity contribution in [3.8, 4) is 5.75 Å². The molecule has 0 spiro atoms. The fraction of sp³-hybridized carbons (Fsp3) is 0.231. The molecule has 0 saturated carbocycles. The number of rotatable bonds is 7. The lowest BCUT2D eigenvalue weighted by Gasteiger charge is -2.27. The van der Waals surface area contributed by atoms with Crippen LogP contribution in [0.5, 0.6) is 5.75 Å². The van der Waals surface area contributed by atoms with Gasteiger partial charge in [0.05, 0.1) is 46.5 Å². The van der Waals surface area contributed by atoms with Crippen molar-refractivity contribution in [1.82, 2.24) is 4.98 Å². The minimum Gasteiger partial charge on any atom is -0.503 e. The van der Waals surface area contributed by atoms with E-state index in [2.05, 4.69) is 4.98 Å². The highest BCUT2D eigenvalue weighted by Gasteiger charge is 2.45. The van der Waals surface area contributed by atoms with Crippen LogP contribution in [0.4, 0.5) is 5.69 Å². The fourth-order valence-electron chi connectivity index (χ4n) is 4.07. The van der Waals surface area contributed by atoms with E-state index in [4.69, 9.17) is 9.47 Å². The van der Waals surface area contributed by atoms with Crippen LogP contribution in [0, 0.1) is 13.8 Å². The molecule has 9 heteroatoms. The van der Waals surface area contributed by atoms with Crippen molar-refractivity contribution in [1.29, 1.82) is 0 Å². The standard InChI is InChI=1S/C26H24N2O6S/c1-5-34-26(32)17-7-6-8-18(13-17)28-21(16-9-11-19(33-4)12-10-16)20(23(30)25(28)31)22(29)24-14(2)27-15(3)35-24/h6-13,21,30H,5H2,1-4H3. The monoisotopic (exact) mass is 492 g/mol. The highest BCUT2D eigenvalue weighted by Crippen LogP contribution is 2.43. The molecule has 0 fully saturated rings. The maximum atomic E-state index is 13.7. The van der Waals surface area contributed by atoms with Gasteiger partial charge in [0.1, 0.15) is 5.75 Å². The number of aryl methyl sites for hydroxylation is 2. The Morgan fingerprint density at radius 3 is 2.46 bits per heavy atom. The molecule has 2 heterocycles. The number of aliphatic hydroxyl groups excluding tert-OH is 1. The molecule has 4 rings (SSSR count). The molecule has 0 radical (unpaired) electrons. The number of anilines is 1. The summed E-state index contributed by atoms with van der Waals surface area (Å²) in [5.41, 5.74) is 1.66. The molecule has 2 aromatic carbocycles. The van der Waals surface area contributed by atoms with Crippen molar-refractivity contribution in [3.05, 3.63) is 86.6 Å². The average Bonchev–Trinajstić information content (AvgIpc) is 3.33. The molecule has 1 aliphatic rings. The maximum Gasteiger partial charge on any atom is 0.338 e. The first-order valence-electron chi connectivity index (χ1n) is 10.9. The predicted octanol–water partition coefficient (Wildman–Crippen LogP) is 4.73. The molecule has 35 heavy (non-hydrogen) atoms. The number of hydrogen-bond donors (Lipinski definition) is 1. The molecule has 0 saturated heterocycles. The second kappa shape index (κ2) is 9.71. The Hall–Kier alpha value is -3.98. The van der Waals surface area contributed by atoms with Crippen LogP contribution < -0.4 is 9.64 Å². The summed E-state index contributed by atoms with van der Waals surface area (Å²) < 4.78 is 10.3. The van der Waals surface area contributed by atoms with Crippen LogP contribution in [-0.4, -0.2) is 41.5 Å². The van der Waals surface area contributed by atoms with Gasteiger partial charge in [-0.3, -0.25) is 14.5 Å². The number of methoxy groups -OCH3 is 1. The number of Topliss-reactive ketones (excluding diaryl/α,β-unsaturated/α-hetero) is 1. The van der Waals surface area contributed by atoms with Crippen molar-refractivity contribution in [2.45, 2.75) is 26.8 Å². The number of carbonyl (C=O) groups excluding carboxylic acids is 3. The van der Waals surface area contributed by atoms with Crippen LogP contribution in [0.2, 0.25) is 0 Å². The first kappa shape index (κ1) is 24.2. The van der Waals surface area contributed by atoms with Crippen LogP contribution in [0.25, 0.3) is 0 Å². The quantitative estimate of drug-likeness (QED) is 0.375. The molecule has 1 unspecified atom stereocenters. The number of ketones is 1. The van der Waals surface area contributed by atoms with Gasteiger partial charge in [-0.1, -0.05) is 18.2 Å². The van der Waals surface area contributed by atoms with Gasteiger partial charge in [-0.05, 0) is 56.7 Å². The molecule has 1 amide bonds. The van der Waals surface area contributed by atoms with Gasteiger partial charge in [-0.2, -0.15) is 0 Å². The number of aromatic nitrogens is 1. The summed E-state index contributed by atoms with van der Waals surface area (Å²) in [4.78, 5) is 45.3. The zero-order chi connectivity index (χ0) is 25.3. The Kier molecular flexibility index (Phi) is 6.70. The van der Waals surface area contributed by atoms with Crippen molar-refractivity contribution in [2.24, 2.45) is 0 Å². The first-order valence-corrected chi connectivity index (χ1v) is 11.7. The van der Waals surface area contributed by atoms with Gasteiger partial charge in [-0.15, -0.1) is 11.3 Å². The number of hydrogen-bond acceptors (Lipinski definition) is 8. The van der Waals surface area contributed by atoms with E-state index in [1.165, 1.54) is 29.4 Å². The van der Waals surface area contributed by atoms with E-state index in [1.807, 2.05) is 0 Å². The Balaban J connectivity index is 1.86. The smallest absolute Gasteiger partial charge is 0.338 e. The lowest BCUT2D eigenvalue weighted by Crippen LogP contribution is -2.31. The zero-order valence-corrected chi connectivity index (χ0v) is 20.5. The topological polar surface area (TPSA) is 106 Å². The predicted molar refractivity (Wildman–Crippen MR) is 131 cm³/mol. The number of esters is 1. The zero-order valence-electron chi connectivity index (χ0n) is 19.7. The Labute approximate surface area is 206 Å². The molecule has 1 atom stereocenters. The molecule has 1 N–H and O–H groups in total. The number of nitrogens with zero attached hydrogens (tertiary/aromatic N) is 2. The summed E-state index contributed by atoms with van der Waals surface area (Å²) in [6.07, 6.45) is 0. The Morgan fingerprint density at radius 1 is 1.14 bits per heavy atom. The van der Waals surface area contributed by atoms with Gasteiger partial charge >= 0.3 is 5.97 Å². The number of carbonyl (C=O) groups is 3. The highest BCUT2D eigenvalue weighted by molar-refractivity contribution is 7.14. The second-order valence-electron chi connectivity index (χ2n) is 7.86. The van der Waals surface area contributed by atoms with E-state index < -0.39 is 29.5 Å². The number of benzene rings is 2. The normalized spacial score (nSPS) is 15.5. The third-order valence-electron chi connectivity index (χ3n) is 5.63. The Bertz CT molecular complexity index is 1340. The van der Waals surface area contributed by atoms with Gasteiger partial charge in [0.15, 0.2) is 5.76 Å². The summed E-state index contributed by atoms with van der Waals surface area (Å²) in [6, 6.07) is 12.3. The van der Waals surface area contributed by atoms with Gasteiger partial charge < -0.3 is 14.6 Å². The molecular weight excluding hydrogens is 468 g/mol. The van der Waals surface area contributed by atoms with Gasteiger partial charge in [-0.25, -0.2) is 9.78 Å². The molecule has 1 aromatic heterocycles. The van der Waals surface area contributed by atoms with Gasteiger partial charge in [0.2, 0.25) is 5.78 Å². The molecule has 8 nitrogen and oxygen atoms in total. The third kappa shape index (κ3) is 4.42. The highest BCUT2D eigenvalue weighted by atomic mass is 32.1. The van der Waals surface area contributed by atoms with E-state index in [0.29, 0.717) is 32.6 Å². The van der Waals surface area contributed by atoms with Crippen molar-refractivity contribution in [3.63, 3.8) is 0 Å². The summed E-state index contributed by atoms with van der Waals surface area (Å²) in [5, 5.41) is 11.7. The van der Waals surface area contributed by atoms with Crippen LogP contribution in [0.15, 0.2) is 59.9 Å². The lowest BCUT2D eigenvalue weighted by molar-refractivity contribution is -0.117. The SMILES string of the molecule is CCOC(=O)c1cccc(N2C(=O)C(O)=C(C(=O)c3sc(C)nc3C)C2c2ccc(OC)cc2)c1. The summed E-state index contributed by atoms with van der Waals surface area (Å²) in [6.45, 7) is 5.41. The van der Waals surface area contributed by atoms with Gasteiger partial charge in [0, 0.05) is 5.69 Å². The third-order valence-corrected chi connectivity index (χ3v) is 6.70. The largest absolute Gasteiger partial charge is 0.503 e. The van der Waals surface area contributed by atoms with E-state index in [9.17, 15) is 19.5 Å². The summed E-state index contributed by atoms with van der Waals surface area (Å²) in [7, 11) is 1.54. The second-order valence-corrected chi connectivity index (χ2v) is 9.06. The van der Waals surface area contributed by atoms with Gasteiger partial charge in [0.25, 0.3) is 5.91 Å². The van der Waals surface area contributed by atoms with Crippen molar-refractivity contribution >= 4 is 34.7 Å². The maximum absolute atomic E-state index is 13.7. The van der Waals surface area contributed by atoms with Crippen LogP contribution >= 0.6 is 11.3 Å². The van der Waals surface area contributed by atoms with Crippen molar-refractivity contribution < 1.29 is 29.0 Å². The Morgan fingerprint density at radius 2 is 1.86 bits per heavy atom. The number of ether oxygens (including phenoxy) is 2. The van der Waals surface area contributed by atoms with E-state index >= 15 is 0 Å². The minimum absolute atomic E-state index is 0.0477.